The Hall–Kier alpha value is -0.580. The van der Waals surface area contributed by atoms with Crippen LogP contribution in [-0.2, 0) is 9.47 Å². The van der Waals surface area contributed by atoms with Crippen molar-refractivity contribution in [1.82, 2.24) is 0 Å². The molecule has 4 heteroatoms. The molecule has 1 heterocycles. The number of rotatable bonds is 3. The molecule has 1 aromatic rings. The Morgan fingerprint density at radius 1 is 1.25 bits per heavy atom. The number of hydrogen-bond donors (Lipinski definition) is 0. The zero-order valence-electron chi connectivity index (χ0n) is 9.79. The molecule has 2 rings (SSSR count). The molecule has 0 N–H and O–H groups in total. The average Bonchev–Trinajstić information content (AvgIpc) is 2.24. The summed E-state index contributed by atoms with van der Waals surface area (Å²) >= 11 is 3.61. The molecule has 16 heavy (non-hydrogen) atoms. The van der Waals surface area contributed by atoms with Crippen LogP contribution in [0.2, 0.25) is 0 Å². The number of benzene rings is 1. The number of methoxy groups -OCH3 is 2. The van der Waals surface area contributed by atoms with Gasteiger partial charge in [0.2, 0.25) is 5.79 Å². The quantitative estimate of drug-likeness (QED) is 0.797. The van der Waals surface area contributed by atoms with Gasteiger partial charge >= 0.3 is 0 Å². The number of nitrogens with zero attached hydrogens (tertiary/aromatic N) is 1. The van der Waals surface area contributed by atoms with Crippen LogP contribution >= 0.6 is 15.9 Å². The Balaban J connectivity index is 2.15. The SMILES string of the molecule is COC1(OC)CN(c2cccc(C)c2Br)C1. The molecule has 0 aliphatic carbocycles. The number of aryl methyl sites for hydroxylation is 1. The van der Waals surface area contributed by atoms with Crippen molar-refractivity contribution in [2.75, 3.05) is 32.2 Å². The maximum Gasteiger partial charge on any atom is 0.203 e. The van der Waals surface area contributed by atoms with Crippen LogP contribution in [0.4, 0.5) is 5.69 Å². The molecule has 0 aromatic heterocycles. The third-order valence-electron chi connectivity index (χ3n) is 3.12. The summed E-state index contributed by atoms with van der Waals surface area (Å²) in [5.74, 6) is -0.427. The van der Waals surface area contributed by atoms with Crippen LogP contribution < -0.4 is 4.90 Å². The zero-order valence-corrected chi connectivity index (χ0v) is 11.4. The van der Waals surface area contributed by atoms with E-state index in [4.69, 9.17) is 9.47 Å². The number of hydrogen-bond acceptors (Lipinski definition) is 3. The van der Waals surface area contributed by atoms with Gasteiger partial charge in [0.25, 0.3) is 0 Å². The molecule has 1 aliphatic rings. The smallest absolute Gasteiger partial charge is 0.203 e. The van der Waals surface area contributed by atoms with E-state index in [2.05, 4.69) is 46.0 Å². The van der Waals surface area contributed by atoms with Crippen molar-refractivity contribution in [1.29, 1.82) is 0 Å². The number of ether oxygens (including phenoxy) is 2. The standard InChI is InChI=1S/C12H16BrNO2/c1-9-5-4-6-10(11(9)13)14-7-12(8-14,15-2)16-3/h4-6H,7-8H2,1-3H3. The monoisotopic (exact) mass is 285 g/mol. The second-order valence-electron chi connectivity index (χ2n) is 4.08. The third-order valence-corrected chi connectivity index (χ3v) is 4.15. The summed E-state index contributed by atoms with van der Waals surface area (Å²) < 4.78 is 11.9. The van der Waals surface area contributed by atoms with Crippen LogP contribution in [0.1, 0.15) is 5.56 Å². The summed E-state index contributed by atoms with van der Waals surface area (Å²) in [6, 6.07) is 6.26. The summed E-state index contributed by atoms with van der Waals surface area (Å²) in [5.41, 5.74) is 2.44. The summed E-state index contributed by atoms with van der Waals surface area (Å²) in [4.78, 5) is 2.24. The van der Waals surface area contributed by atoms with Crippen LogP contribution in [0.5, 0.6) is 0 Å². The highest BCUT2D eigenvalue weighted by atomic mass is 79.9. The molecule has 1 saturated heterocycles. The summed E-state index contributed by atoms with van der Waals surface area (Å²) in [6.45, 7) is 3.62. The van der Waals surface area contributed by atoms with E-state index in [1.165, 1.54) is 11.3 Å². The van der Waals surface area contributed by atoms with E-state index in [-0.39, 0.29) is 0 Å². The first-order chi connectivity index (χ1) is 7.62. The highest BCUT2D eigenvalue weighted by Gasteiger charge is 2.44. The first-order valence-electron chi connectivity index (χ1n) is 5.22. The molecule has 88 valence electrons. The van der Waals surface area contributed by atoms with Crippen molar-refractivity contribution in [3.8, 4) is 0 Å². The molecule has 0 radical (unpaired) electrons. The molecule has 1 aromatic carbocycles. The fraction of sp³-hybridized carbons (Fsp3) is 0.500. The molecule has 1 fully saturated rings. The molecule has 0 atom stereocenters. The van der Waals surface area contributed by atoms with Gasteiger partial charge in [0.1, 0.15) is 0 Å². The van der Waals surface area contributed by atoms with Gasteiger partial charge in [-0.25, -0.2) is 0 Å². The molecule has 3 nitrogen and oxygen atoms in total. The lowest BCUT2D eigenvalue weighted by molar-refractivity contribution is -0.219. The van der Waals surface area contributed by atoms with Gasteiger partial charge in [-0.1, -0.05) is 12.1 Å². The van der Waals surface area contributed by atoms with Gasteiger partial charge < -0.3 is 14.4 Å². The Kier molecular flexibility index (Phi) is 3.24. The third kappa shape index (κ3) is 1.85. The maximum absolute atomic E-state index is 5.37. The molecule has 0 saturated carbocycles. The van der Waals surface area contributed by atoms with Gasteiger partial charge in [0.15, 0.2) is 0 Å². The largest absolute Gasteiger partial charge is 0.360 e. The van der Waals surface area contributed by atoms with Crippen LogP contribution in [-0.4, -0.2) is 33.1 Å². The van der Waals surface area contributed by atoms with Crippen LogP contribution in [0.3, 0.4) is 0 Å². The number of anilines is 1. The van der Waals surface area contributed by atoms with Crippen LogP contribution in [0, 0.1) is 6.92 Å². The minimum absolute atomic E-state index is 0.427. The topological polar surface area (TPSA) is 21.7 Å². The second kappa shape index (κ2) is 4.35. The average molecular weight is 286 g/mol. The molecular weight excluding hydrogens is 270 g/mol. The lowest BCUT2D eigenvalue weighted by Crippen LogP contribution is -2.64. The predicted molar refractivity (Wildman–Crippen MR) is 67.8 cm³/mol. The van der Waals surface area contributed by atoms with Crippen molar-refractivity contribution < 1.29 is 9.47 Å². The highest BCUT2D eigenvalue weighted by molar-refractivity contribution is 9.10. The summed E-state index contributed by atoms with van der Waals surface area (Å²) in [6.07, 6.45) is 0. The lowest BCUT2D eigenvalue weighted by atomic mass is 10.1. The van der Waals surface area contributed by atoms with E-state index in [0.717, 1.165) is 17.6 Å². The van der Waals surface area contributed by atoms with E-state index in [1.54, 1.807) is 14.2 Å². The fourth-order valence-electron chi connectivity index (χ4n) is 1.92. The van der Waals surface area contributed by atoms with E-state index < -0.39 is 5.79 Å². The van der Waals surface area contributed by atoms with Gasteiger partial charge in [-0.15, -0.1) is 0 Å². The maximum atomic E-state index is 5.37. The van der Waals surface area contributed by atoms with Gasteiger partial charge in [-0.3, -0.25) is 0 Å². The van der Waals surface area contributed by atoms with E-state index >= 15 is 0 Å². The molecule has 0 amide bonds. The van der Waals surface area contributed by atoms with Gasteiger partial charge in [0.05, 0.1) is 18.8 Å². The van der Waals surface area contributed by atoms with Crippen molar-refractivity contribution in [3.05, 3.63) is 28.2 Å². The normalized spacial score (nSPS) is 18.4. The lowest BCUT2D eigenvalue weighted by Gasteiger charge is -2.49. The van der Waals surface area contributed by atoms with Crippen LogP contribution in [0.15, 0.2) is 22.7 Å². The molecule has 0 bridgehead atoms. The fourth-order valence-corrected chi connectivity index (χ4v) is 2.44. The van der Waals surface area contributed by atoms with Gasteiger partial charge in [-0.2, -0.15) is 0 Å². The van der Waals surface area contributed by atoms with Gasteiger partial charge in [0, 0.05) is 18.7 Å². The number of halogens is 1. The van der Waals surface area contributed by atoms with Crippen LogP contribution in [0.25, 0.3) is 0 Å². The second-order valence-corrected chi connectivity index (χ2v) is 4.88. The first kappa shape index (κ1) is 11.9. The first-order valence-corrected chi connectivity index (χ1v) is 6.01. The Bertz CT molecular complexity index is 383. The van der Waals surface area contributed by atoms with Crippen molar-refractivity contribution in [3.63, 3.8) is 0 Å². The Morgan fingerprint density at radius 2 is 1.88 bits per heavy atom. The Labute approximate surface area is 104 Å². The predicted octanol–water partition coefficient (Wildman–Crippen LogP) is 2.57. The minimum Gasteiger partial charge on any atom is -0.360 e. The van der Waals surface area contributed by atoms with Crippen molar-refractivity contribution in [2.24, 2.45) is 0 Å². The van der Waals surface area contributed by atoms with E-state index in [1.807, 2.05) is 0 Å². The summed E-state index contributed by atoms with van der Waals surface area (Å²) in [7, 11) is 3.37. The molecular formula is C12H16BrNO2. The summed E-state index contributed by atoms with van der Waals surface area (Å²) in [5, 5.41) is 0. The molecule has 0 spiro atoms. The molecule has 0 unspecified atom stereocenters. The Morgan fingerprint density at radius 3 is 2.44 bits per heavy atom. The molecule has 1 aliphatic heterocycles. The minimum atomic E-state index is -0.427. The van der Waals surface area contributed by atoms with E-state index in [0.29, 0.717) is 0 Å². The van der Waals surface area contributed by atoms with Crippen molar-refractivity contribution >= 4 is 21.6 Å². The zero-order chi connectivity index (χ0) is 11.8. The van der Waals surface area contributed by atoms with E-state index in [9.17, 15) is 0 Å². The van der Waals surface area contributed by atoms with Crippen molar-refractivity contribution in [2.45, 2.75) is 12.7 Å². The van der Waals surface area contributed by atoms with Gasteiger partial charge in [-0.05, 0) is 34.5 Å². The highest BCUT2D eigenvalue weighted by Crippen LogP contribution is 2.36.